The summed E-state index contributed by atoms with van der Waals surface area (Å²) in [4.78, 5) is 0. The van der Waals surface area contributed by atoms with Crippen LogP contribution in [-0.2, 0) is 6.61 Å². The summed E-state index contributed by atoms with van der Waals surface area (Å²) in [6.07, 6.45) is 0. The molecule has 0 saturated carbocycles. The van der Waals surface area contributed by atoms with E-state index in [4.69, 9.17) is 21.1 Å². The van der Waals surface area contributed by atoms with E-state index in [2.05, 4.69) is 10.2 Å². The van der Waals surface area contributed by atoms with Gasteiger partial charge in [0.05, 0.1) is 7.11 Å². The molecule has 0 aliphatic heterocycles. The van der Waals surface area contributed by atoms with Crippen LogP contribution in [0.2, 0.25) is 5.15 Å². The second-order valence-electron chi connectivity index (χ2n) is 4.12. The number of hydrogen-bond donors (Lipinski definition) is 0. The van der Waals surface area contributed by atoms with Gasteiger partial charge in [-0.05, 0) is 36.4 Å². The molecule has 0 fully saturated rings. The van der Waals surface area contributed by atoms with Crippen molar-refractivity contribution in [3.8, 4) is 11.5 Å². The van der Waals surface area contributed by atoms with Gasteiger partial charge in [0.25, 0.3) is 0 Å². The normalized spacial score (nSPS) is 10.7. The van der Waals surface area contributed by atoms with Crippen LogP contribution < -0.4 is 9.47 Å². The molecule has 1 aromatic carbocycles. The van der Waals surface area contributed by atoms with Crippen molar-refractivity contribution in [2.75, 3.05) is 7.11 Å². The van der Waals surface area contributed by atoms with Crippen molar-refractivity contribution in [2.24, 2.45) is 0 Å². The average molecular weight is 290 g/mol. The minimum atomic E-state index is 0.289. The lowest BCUT2D eigenvalue weighted by Crippen LogP contribution is -2.02. The number of nitrogens with zero attached hydrogens (tertiary/aromatic N) is 3. The zero-order chi connectivity index (χ0) is 13.9. The molecule has 0 N–H and O–H groups in total. The molecule has 3 aromatic rings. The second-order valence-corrected chi connectivity index (χ2v) is 4.51. The van der Waals surface area contributed by atoms with E-state index in [-0.39, 0.29) is 6.61 Å². The Morgan fingerprint density at radius 1 is 1.05 bits per heavy atom. The Kier molecular flexibility index (Phi) is 3.43. The summed E-state index contributed by atoms with van der Waals surface area (Å²) in [7, 11) is 1.63. The Morgan fingerprint density at radius 3 is 2.55 bits per heavy atom. The zero-order valence-corrected chi connectivity index (χ0v) is 11.5. The summed E-state index contributed by atoms with van der Waals surface area (Å²) < 4.78 is 12.5. The van der Waals surface area contributed by atoms with Crippen molar-refractivity contribution in [3.63, 3.8) is 0 Å². The summed E-state index contributed by atoms with van der Waals surface area (Å²) in [5, 5.41) is 8.69. The van der Waals surface area contributed by atoms with Gasteiger partial charge in [0.1, 0.15) is 23.3 Å². The summed E-state index contributed by atoms with van der Waals surface area (Å²) in [5.41, 5.74) is 0.700. The van der Waals surface area contributed by atoms with Crippen LogP contribution in [0.4, 0.5) is 0 Å². The van der Waals surface area contributed by atoms with E-state index in [1.165, 1.54) is 0 Å². The zero-order valence-electron chi connectivity index (χ0n) is 10.8. The van der Waals surface area contributed by atoms with Crippen LogP contribution in [0.3, 0.4) is 0 Å². The van der Waals surface area contributed by atoms with E-state index in [1.54, 1.807) is 17.6 Å². The third-order valence-electron chi connectivity index (χ3n) is 2.88. The first-order valence-electron chi connectivity index (χ1n) is 6.03. The molecule has 6 heteroatoms. The minimum Gasteiger partial charge on any atom is -0.497 e. The van der Waals surface area contributed by atoms with Crippen LogP contribution in [-0.4, -0.2) is 21.7 Å². The fourth-order valence-corrected chi connectivity index (χ4v) is 2.13. The molecule has 0 aliphatic rings. The molecule has 0 saturated heterocycles. The fraction of sp³-hybridized carbons (Fsp3) is 0.143. The van der Waals surface area contributed by atoms with Gasteiger partial charge < -0.3 is 9.47 Å². The highest BCUT2D eigenvalue weighted by Crippen LogP contribution is 2.19. The van der Waals surface area contributed by atoms with Gasteiger partial charge in [-0.1, -0.05) is 17.7 Å². The molecular formula is C14H12ClN3O2. The molecular weight excluding hydrogens is 278 g/mol. The van der Waals surface area contributed by atoms with E-state index in [0.717, 1.165) is 11.5 Å². The smallest absolute Gasteiger partial charge is 0.176 e. The SMILES string of the molecule is COc1ccc(OCc2nnc3cccc(Cl)n23)cc1. The highest BCUT2D eigenvalue weighted by molar-refractivity contribution is 6.29. The van der Waals surface area contributed by atoms with Crippen LogP contribution >= 0.6 is 11.6 Å². The molecule has 0 atom stereocenters. The molecule has 0 amide bonds. The summed E-state index contributed by atoms with van der Waals surface area (Å²) in [6.45, 7) is 0.289. The maximum atomic E-state index is 6.14. The second kappa shape index (κ2) is 5.38. The van der Waals surface area contributed by atoms with Gasteiger partial charge >= 0.3 is 0 Å². The molecule has 2 aromatic heterocycles. The first kappa shape index (κ1) is 12.7. The van der Waals surface area contributed by atoms with E-state index in [9.17, 15) is 0 Å². The molecule has 0 radical (unpaired) electrons. The van der Waals surface area contributed by atoms with Gasteiger partial charge in [-0.3, -0.25) is 4.40 Å². The van der Waals surface area contributed by atoms with Crippen LogP contribution in [0.5, 0.6) is 11.5 Å². The maximum absolute atomic E-state index is 6.14. The van der Waals surface area contributed by atoms with E-state index in [1.807, 2.05) is 36.4 Å². The highest BCUT2D eigenvalue weighted by atomic mass is 35.5. The van der Waals surface area contributed by atoms with Gasteiger partial charge in [0, 0.05) is 0 Å². The Morgan fingerprint density at radius 2 is 1.80 bits per heavy atom. The average Bonchev–Trinajstić information content (AvgIpc) is 2.90. The third kappa shape index (κ3) is 2.40. The Balaban J connectivity index is 1.79. The molecule has 102 valence electrons. The Labute approximate surface area is 120 Å². The van der Waals surface area contributed by atoms with Crippen molar-refractivity contribution in [1.82, 2.24) is 14.6 Å². The topological polar surface area (TPSA) is 48.7 Å². The van der Waals surface area contributed by atoms with Crippen molar-refractivity contribution < 1.29 is 9.47 Å². The minimum absolute atomic E-state index is 0.289. The Hall–Kier alpha value is -2.27. The summed E-state index contributed by atoms with van der Waals surface area (Å²) >= 11 is 6.14. The van der Waals surface area contributed by atoms with Crippen molar-refractivity contribution >= 4 is 17.2 Å². The lowest BCUT2D eigenvalue weighted by Gasteiger charge is -2.06. The fourth-order valence-electron chi connectivity index (χ4n) is 1.87. The van der Waals surface area contributed by atoms with E-state index in [0.29, 0.717) is 16.6 Å². The molecule has 0 aliphatic carbocycles. The predicted octanol–water partition coefficient (Wildman–Crippen LogP) is 2.97. The summed E-state index contributed by atoms with van der Waals surface area (Å²) in [6, 6.07) is 12.8. The lowest BCUT2D eigenvalue weighted by molar-refractivity contribution is 0.294. The number of pyridine rings is 1. The van der Waals surface area contributed by atoms with Crippen molar-refractivity contribution in [3.05, 3.63) is 53.4 Å². The lowest BCUT2D eigenvalue weighted by atomic mass is 10.3. The van der Waals surface area contributed by atoms with Crippen molar-refractivity contribution in [2.45, 2.75) is 6.61 Å². The van der Waals surface area contributed by atoms with E-state index < -0.39 is 0 Å². The Bertz CT molecular complexity index is 725. The number of benzene rings is 1. The molecule has 2 heterocycles. The molecule has 3 rings (SSSR count). The quantitative estimate of drug-likeness (QED) is 0.693. The largest absolute Gasteiger partial charge is 0.497 e. The monoisotopic (exact) mass is 289 g/mol. The first-order chi connectivity index (χ1) is 9.78. The number of ether oxygens (including phenoxy) is 2. The highest BCUT2D eigenvalue weighted by Gasteiger charge is 2.08. The van der Waals surface area contributed by atoms with Crippen LogP contribution in [0.15, 0.2) is 42.5 Å². The molecule has 5 nitrogen and oxygen atoms in total. The van der Waals surface area contributed by atoms with Crippen LogP contribution in [0.1, 0.15) is 5.82 Å². The number of fused-ring (bicyclic) bond motifs is 1. The van der Waals surface area contributed by atoms with Crippen LogP contribution in [0, 0.1) is 0 Å². The predicted molar refractivity (Wildman–Crippen MR) is 75.3 cm³/mol. The first-order valence-corrected chi connectivity index (χ1v) is 6.41. The summed E-state index contributed by atoms with van der Waals surface area (Å²) in [5.74, 6) is 2.17. The number of hydrogen-bond acceptors (Lipinski definition) is 4. The van der Waals surface area contributed by atoms with Gasteiger partial charge in [-0.15, -0.1) is 10.2 Å². The maximum Gasteiger partial charge on any atom is 0.176 e. The van der Waals surface area contributed by atoms with Gasteiger partial charge in [-0.25, -0.2) is 0 Å². The van der Waals surface area contributed by atoms with Crippen molar-refractivity contribution in [1.29, 1.82) is 0 Å². The molecule has 0 unspecified atom stereocenters. The number of methoxy groups -OCH3 is 1. The van der Waals surface area contributed by atoms with E-state index >= 15 is 0 Å². The van der Waals surface area contributed by atoms with Gasteiger partial charge in [-0.2, -0.15) is 0 Å². The molecule has 0 bridgehead atoms. The number of halogens is 1. The number of rotatable bonds is 4. The van der Waals surface area contributed by atoms with Gasteiger partial charge in [0.15, 0.2) is 11.5 Å². The number of aromatic nitrogens is 3. The van der Waals surface area contributed by atoms with Gasteiger partial charge in [0.2, 0.25) is 0 Å². The molecule has 20 heavy (non-hydrogen) atoms. The standard InChI is InChI=1S/C14H12ClN3O2/c1-19-10-5-7-11(8-6-10)20-9-14-17-16-13-4-2-3-12(15)18(13)14/h2-8H,9H2,1H3. The third-order valence-corrected chi connectivity index (χ3v) is 3.17. The van der Waals surface area contributed by atoms with Crippen LogP contribution in [0.25, 0.3) is 5.65 Å². The molecule has 0 spiro atoms.